The molecule has 1 fully saturated rings. The Balaban J connectivity index is 0.00000154. The molecule has 0 bridgehead atoms. The molecule has 0 radical (unpaired) electrons. The highest BCUT2D eigenvalue weighted by atomic mass is 15.1. The number of unbranched alkanes of at least 4 members (excludes halogenated alkanes) is 7. The van der Waals surface area contributed by atoms with Gasteiger partial charge in [-0.3, -0.25) is 0 Å². The first-order valence-corrected chi connectivity index (χ1v) is 8.39. The summed E-state index contributed by atoms with van der Waals surface area (Å²) in [4.78, 5) is 1.88. The number of quaternary nitrogens is 1. The van der Waals surface area contributed by atoms with Gasteiger partial charge in [0.2, 0.25) is 0 Å². The monoisotopic (exact) mass is 266 g/mol. The summed E-state index contributed by atoms with van der Waals surface area (Å²) < 4.78 is 0. The molecule has 0 amide bonds. The molecule has 0 aliphatic carbocycles. The molecule has 0 atom stereocenters. The van der Waals surface area contributed by atoms with E-state index in [9.17, 15) is 0 Å². The van der Waals surface area contributed by atoms with Gasteiger partial charge in [0.15, 0.2) is 0 Å². The van der Waals surface area contributed by atoms with Crippen LogP contribution in [0.3, 0.4) is 0 Å². The van der Waals surface area contributed by atoms with E-state index in [2.05, 4.69) is 13.8 Å². The van der Waals surface area contributed by atoms with Crippen molar-refractivity contribution in [1.29, 1.82) is 5.26 Å². The summed E-state index contributed by atoms with van der Waals surface area (Å²) in [5.74, 6) is 0.998. The molecule has 0 spiro atoms. The quantitative estimate of drug-likeness (QED) is 0.502. The average Bonchev–Trinajstić information content (AvgIpc) is 2.46. The number of nitrogens with zero attached hydrogens (tertiary/aromatic N) is 1. The van der Waals surface area contributed by atoms with E-state index in [0.717, 1.165) is 5.92 Å². The summed E-state index contributed by atoms with van der Waals surface area (Å²) in [5, 5.41) is 6.25. The van der Waals surface area contributed by atoms with Crippen LogP contribution >= 0.6 is 0 Å². The molecule has 0 aromatic rings. The summed E-state index contributed by atoms with van der Waals surface area (Å²) >= 11 is 0. The van der Waals surface area contributed by atoms with Crippen molar-refractivity contribution in [2.75, 3.05) is 19.6 Å². The minimum Gasteiger partial charge on any atom is -0.512 e. The summed E-state index contributed by atoms with van der Waals surface area (Å²) in [6, 6.07) is 0. The molecule has 0 saturated carbocycles. The first-order valence-electron chi connectivity index (χ1n) is 8.39. The molecule has 1 aliphatic heterocycles. The van der Waals surface area contributed by atoms with Gasteiger partial charge in [0.1, 0.15) is 0 Å². The minimum absolute atomic E-state index is 0.998. The minimum atomic E-state index is 0.998. The van der Waals surface area contributed by atoms with Gasteiger partial charge < -0.3 is 16.7 Å². The number of piperidine rings is 1. The fourth-order valence-corrected chi connectivity index (χ4v) is 2.93. The predicted molar refractivity (Wildman–Crippen MR) is 81.5 cm³/mol. The SMILES string of the molecule is CCCCCCCCCC[NH+]1CCC(C)CC1.[C-]#N. The highest BCUT2D eigenvalue weighted by Gasteiger charge is 2.17. The van der Waals surface area contributed by atoms with Gasteiger partial charge in [-0.05, 0) is 31.6 Å². The second-order valence-electron chi connectivity index (χ2n) is 6.16. The van der Waals surface area contributed by atoms with Gasteiger partial charge >= 0.3 is 0 Å². The second kappa shape index (κ2) is 13.9. The molecule has 0 aromatic carbocycles. The molecule has 112 valence electrons. The fourth-order valence-electron chi connectivity index (χ4n) is 2.93. The molecular formula is C17H34N2. The average molecular weight is 266 g/mol. The van der Waals surface area contributed by atoms with Gasteiger partial charge in [0, 0.05) is 0 Å². The zero-order valence-electron chi connectivity index (χ0n) is 13.2. The lowest BCUT2D eigenvalue weighted by molar-refractivity contribution is -0.906. The van der Waals surface area contributed by atoms with Crippen LogP contribution < -0.4 is 4.90 Å². The second-order valence-corrected chi connectivity index (χ2v) is 6.16. The molecule has 2 heteroatoms. The Hall–Kier alpha value is -0.550. The molecule has 0 unspecified atom stereocenters. The molecule has 1 rings (SSSR count). The Labute approximate surface area is 121 Å². The lowest BCUT2D eigenvalue weighted by Gasteiger charge is -2.27. The van der Waals surface area contributed by atoms with E-state index in [0.29, 0.717) is 0 Å². The van der Waals surface area contributed by atoms with E-state index in [1.165, 1.54) is 83.8 Å². The van der Waals surface area contributed by atoms with Crippen LogP contribution in [0.5, 0.6) is 0 Å². The van der Waals surface area contributed by atoms with Crippen LogP contribution in [0.1, 0.15) is 78.1 Å². The van der Waals surface area contributed by atoms with Crippen molar-refractivity contribution in [3.8, 4) is 0 Å². The highest BCUT2D eigenvalue weighted by Crippen LogP contribution is 2.09. The largest absolute Gasteiger partial charge is 0.512 e. The van der Waals surface area contributed by atoms with Gasteiger partial charge in [-0.1, -0.05) is 52.4 Å². The Kier molecular flexibility index (Phi) is 13.5. The Morgan fingerprint density at radius 1 is 0.895 bits per heavy atom. The van der Waals surface area contributed by atoms with Crippen LogP contribution in [0.15, 0.2) is 0 Å². The molecule has 1 aliphatic rings. The van der Waals surface area contributed by atoms with Gasteiger partial charge in [-0.15, -0.1) is 0 Å². The summed E-state index contributed by atoms with van der Waals surface area (Å²) in [7, 11) is 0. The van der Waals surface area contributed by atoms with Gasteiger partial charge in [0.05, 0.1) is 19.6 Å². The van der Waals surface area contributed by atoms with Crippen LogP contribution in [0.25, 0.3) is 0 Å². The molecule has 19 heavy (non-hydrogen) atoms. The van der Waals surface area contributed by atoms with Gasteiger partial charge in [-0.25, -0.2) is 0 Å². The summed E-state index contributed by atoms with van der Waals surface area (Å²) in [6.45, 7) is 13.8. The normalized spacial score (nSPS) is 22.5. The van der Waals surface area contributed by atoms with E-state index in [-0.39, 0.29) is 0 Å². The molecule has 2 nitrogen and oxygen atoms in total. The maximum absolute atomic E-state index is 6.25. The first kappa shape index (κ1) is 18.4. The third-order valence-corrected chi connectivity index (χ3v) is 4.37. The number of nitrogens with one attached hydrogen (secondary N) is 1. The van der Waals surface area contributed by atoms with Crippen LogP contribution in [0.2, 0.25) is 0 Å². The number of hydrogen-bond acceptors (Lipinski definition) is 1. The lowest BCUT2D eigenvalue weighted by Crippen LogP contribution is -3.13. The van der Waals surface area contributed by atoms with Crippen molar-refractivity contribution in [2.45, 2.75) is 78.1 Å². The predicted octanol–water partition coefficient (Wildman–Crippen LogP) is 3.54. The zero-order chi connectivity index (χ0) is 14.3. The highest BCUT2D eigenvalue weighted by molar-refractivity contribution is 4.56. The van der Waals surface area contributed by atoms with Crippen LogP contribution in [0.4, 0.5) is 0 Å². The van der Waals surface area contributed by atoms with Crippen LogP contribution in [-0.4, -0.2) is 19.6 Å². The lowest BCUT2D eigenvalue weighted by atomic mass is 9.99. The standard InChI is InChI=1S/C16H33N.CN/c1-3-4-5-6-7-8-9-10-13-17-14-11-16(2)12-15-17;1-2/h16H,3-15H2,1-2H3;/q;-1/p+1. The van der Waals surface area contributed by atoms with Crippen molar-refractivity contribution in [3.05, 3.63) is 6.57 Å². The molecule has 1 heterocycles. The Morgan fingerprint density at radius 3 is 1.89 bits per heavy atom. The molecule has 0 aromatic heterocycles. The van der Waals surface area contributed by atoms with E-state index in [1.807, 2.05) is 4.90 Å². The molecule has 1 N–H and O–H groups in total. The van der Waals surface area contributed by atoms with Crippen molar-refractivity contribution in [2.24, 2.45) is 5.92 Å². The van der Waals surface area contributed by atoms with E-state index >= 15 is 0 Å². The fraction of sp³-hybridized carbons (Fsp3) is 0.941. The van der Waals surface area contributed by atoms with Crippen molar-refractivity contribution in [1.82, 2.24) is 0 Å². The van der Waals surface area contributed by atoms with E-state index in [1.54, 1.807) is 0 Å². The third kappa shape index (κ3) is 11.0. The maximum atomic E-state index is 6.25. The van der Waals surface area contributed by atoms with Crippen molar-refractivity contribution in [3.63, 3.8) is 0 Å². The zero-order valence-corrected chi connectivity index (χ0v) is 13.2. The van der Waals surface area contributed by atoms with E-state index < -0.39 is 0 Å². The van der Waals surface area contributed by atoms with Crippen molar-refractivity contribution >= 4 is 0 Å². The number of rotatable bonds is 9. The van der Waals surface area contributed by atoms with Crippen LogP contribution in [-0.2, 0) is 0 Å². The Morgan fingerprint density at radius 2 is 1.37 bits per heavy atom. The van der Waals surface area contributed by atoms with Gasteiger partial charge in [-0.2, -0.15) is 0 Å². The number of likely N-dealkylation sites (tertiary alicyclic amines) is 1. The Bertz CT molecular complexity index is 193. The molecular weight excluding hydrogens is 232 g/mol. The summed E-state index contributed by atoms with van der Waals surface area (Å²) in [5.41, 5.74) is 0. The van der Waals surface area contributed by atoms with Gasteiger partial charge in [0.25, 0.3) is 0 Å². The molecule has 1 saturated heterocycles. The topological polar surface area (TPSA) is 28.2 Å². The summed E-state index contributed by atoms with van der Waals surface area (Å²) in [6.07, 6.45) is 14.6. The maximum Gasteiger partial charge on any atom is 0.0773 e. The van der Waals surface area contributed by atoms with E-state index in [4.69, 9.17) is 11.8 Å². The number of hydrogen-bond donors (Lipinski definition) is 1. The van der Waals surface area contributed by atoms with Crippen molar-refractivity contribution < 1.29 is 4.90 Å². The smallest absolute Gasteiger partial charge is 0.0773 e. The van der Waals surface area contributed by atoms with Crippen LogP contribution in [0, 0.1) is 17.8 Å². The third-order valence-electron chi connectivity index (χ3n) is 4.37. The first-order chi connectivity index (χ1) is 9.33.